The van der Waals surface area contributed by atoms with Crippen LogP contribution in [-0.2, 0) is 10.3 Å². The van der Waals surface area contributed by atoms with Crippen LogP contribution in [0.1, 0.15) is 19.5 Å². The molecule has 0 saturated carbocycles. The molecule has 1 aromatic carbocycles. The minimum Gasteiger partial charge on any atom is -0.489 e. The fourth-order valence-corrected chi connectivity index (χ4v) is 3.29. The number of aromatic nitrogens is 1. The lowest BCUT2D eigenvalue weighted by Gasteiger charge is -2.31. The molecule has 0 spiro atoms. The predicted molar refractivity (Wildman–Crippen MR) is 94.0 cm³/mol. The molecule has 4 rings (SSSR count). The van der Waals surface area contributed by atoms with Crippen LogP contribution < -0.4 is 9.64 Å². The summed E-state index contributed by atoms with van der Waals surface area (Å²) in [7, 11) is 0. The number of carbonyl (C=O) groups excluding carboxylic acids is 1. The van der Waals surface area contributed by atoms with Gasteiger partial charge in [0, 0.05) is 11.8 Å². The molecule has 0 radical (unpaired) electrons. The molecular weight excluding hydrogens is 336 g/mol. The fraction of sp³-hybridized carbons (Fsp3) is 0.368. The maximum atomic E-state index is 12.1. The van der Waals surface area contributed by atoms with E-state index in [2.05, 4.69) is 4.98 Å². The third-order valence-corrected chi connectivity index (χ3v) is 4.74. The molecule has 2 N–H and O–H groups in total. The van der Waals surface area contributed by atoms with Crippen molar-refractivity contribution in [3.63, 3.8) is 0 Å². The molecule has 1 fully saturated rings. The fourth-order valence-electron chi connectivity index (χ4n) is 3.29. The highest BCUT2D eigenvalue weighted by Crippen LogP contribution is 2.40. The van der Waals surface area contributed by atoms with E-state index in [0.29, 0.717) is 17.1 Å². The third-order valence-electron chi connectivity index (χ3n) is 4.74. The Morgan fingerprint density at radius 1 is 1.27 bits per heavy atom. The molecule has 2 atom stereocenters. The smallest absolute Gasteiger partial charge is 0.415 e. The van der Waals surface area contributed by atoms with Gasteiger partial charge in [0.2, 0.25) is 0 Å². The van der Waals surface area contributed by atoms with E-state index in [1.165, 1.54) is 0 Å². The number of anilines is 1. The molecule has 2 aliphatic heterocycles. The number of fused-ring (bicyclic) bond motifs is 3. The van der Waals surface area contributed by atoms with Gasteiger partial charge >= 0.3 is 6.09 Å². The average Bonchev–Trinajstić information content (AvgIpc) is 2.97. The number of benzene rings is 1. The first-order valence-corrected chi connectivity index (χ1v) is 8.45. The van der Waals surface area contributed by atoms with Gasteiger partial charge in [-0.2, -0.15) is 0 Å². The van der Waals surface area contributed by atoms with E-state index >= 15 is 0 Å². The van der Waals surface area contributed by atoms with Gasteiger partial charge in [-0.3, -0.25) is 9.88 Å². The molecule has 2 aliphatic rings. The molecule has 7 nitrogen and oxygen atoms in total. The Labute approximate surface area is 150 Å². The van der Waals surface area contributed by atoms with Crippen molar-refractivity contribution in [3.05, 3.63) is 42.2 Å². The van der Waals surface area contributed by atoms with Crippen LogP contribution in [0.3, 0.4) is 0 Å². The van der Waals surface area contributed by atoms with Gasteiger partial charge in [0.25, 0.3) is 0 Å². The summed E-state index contributed by atoms with van der Waals surface area (Å²) < 4.78 is 11.0. The number of hydrogen-bond donors (Lipinski definition) is 2. The van der Waals surface area contributed by atoms with Crippen LogP contribution in [0, 0.1) is 0 Å². The molecule has 1 amide bonds. The average molecular weight is 356 g/mol. The topological polar surface area (TPSA) is 92.1 Å². The maximum Gasteiger partial charge on any atom is 0.415 e. The third kappa shape index (κ3) is 2.69. The van der Waals surface area contributed by atoms with E-state index in [1.807, 2.05) is 24.3 Å². The molecule has 2 aromatic rings. The van der Waals surface area contributed by atoms with Gasteiger partial charge in [-0.05, 0) is 37.6 Å². The molecule has 26 heavy (non-hydrogen) atoms. The maximum absolute atomic E-state index is 12.1. The van der Waals surface area contributed by atoms with Crippen LogP contribution in [-0.4, -0.2) is 46.6 Å². The number of hydrogen-bond acceptors (Lipinski definition) is 6. The summed E-state index contributed by atoms with van der Waals surface area (Å²) in [6, 6.07) is 8.89. The van der Waals surface area contributed by atoms with Gasteiger partial charge in [0.1, 0.15) is 24.0 Å². The lowest BCUT2D eigenvalue weighted by Crippen LogP contribution is -2.45. The highest BCUT2D eigenvalue weighted by atomic mass is 16.6. The van der Waals surface area contributed by atoms with Crippen LogP contribution in [0.15, 0.2) is 36.5 Å². The van der Waals surface area contributed by atoms with Crippen molar-refractivity contribution in [1.82, 2.24) is 4.98 Å². The Balaban J connectivity index is 1.66. The molecule has 3 heterocycles. The highest BCUT2D eigenvalue weighted by molar-refractivity contribution is 5.94. The summed E-state index contributed by atoms with van der Waals surface area (Å²) in [5.41, 5.74) is 2.00. The number of rotatable bonds is 3. The first-order chi connectivity index (χ1) is 12.4. The molecule has 0 aliphatic carbocycles. The Hall–Kier alpha value is -2.64. The SMILES string of the molecule is CC(C)(O)c1ccc(-c2ccc3c(c2)OC[C@H]2[C@H](CO)OC(=O)N32)cn1. The lowest BCUT2D eigenvalue weighted by molar-refractivity contribution is 0.0732. The first kappa shape index (κ1) is 16.8. The van der Waals surface area contributed by atoms with Crippen molar-refractivity contribution in [1.29, 1.82) is 0 Å². The summed E-state index contributed by atoms with van der Waals surface area (Å²) in [4.78, 5) is 18.0. The lowest BCUT2D eigenvalue weighted by atomic mass is 10.0. The zero-order chi connectivity index (χ0) is 18.5. The second-order valence-electron chi connectivity index (χ2n) is 7.03. The van der Waals surface area contributed by atoms with Gasteiger partial charge < -0.3 is 19.7 Å². The van der Waals surface area contributed by atoms with Gasteiger partial charge in [-0.1, -0.05) is 12.1 Å². The number of pyridine rings is 1. The van der Waals surface area contributed by atoms with Crippen molar-refractivity contribution < 1.29 is 24.5 Å². The quantitative estimate of drug-likeness (QED) is 0.875. The number of cyclic esters (lactones) is 1. The molecule has 1 aromatic heterocycles. The zero-order valence-corrected chi connectivity index (χ0v) is 14.5. The number of amides is 1. The normalized spacial score (nSPS) is 21.7. The Morgan fingerprint density at radius 2 is 2.04 bits per heavy atom. The Kier molecular flexibility index (Phi) is 3.86. The number of aliphatic hydroxyl groups is 2. The summed E-state index contributed by atoms with van der Waals surface area (Å²) in [6.45, 7) is 3.41. The minimum atomic E-state index is -0.994. The minimum absolute atomic E-state index is 0.233. The number of nitrogens with zero attached hydrogens (tertiary/aromatic N) is 2. The number of ether oxygens (including phenoxy) is 2. The number of carbonyl (C=O) groups is 1. The van der Waals surface area contributed by atoms with Crippen LogP contribution in [0.5, 0.6) is 5.75 Å². The zero-order valence-electron chi connectivity index (χ0n) is 14.5. The molecule has 0 unspecified atom stereocenters. The second kappa shape index (κ2) is 5.96. The van der Waals surface area contributed by atoms with Crippen LogP contribution in [0.2, 0.25) is 0 Å². The van der Waals surface area contributed by atoms with Crippen LogP contribution >= 0.6 is 0 Å². The van der Waals surface area contributed by atoms with Crippen molar-refractivity contribution in [2.75, 3.05) is 18.1 Å². The van der Waals surface area contributed by atoms with E-state index in [-0.39, 0.29) is 19.3 Å². The van der Waals surface area contributed by atoms with Crippen LogP contribution in [0.25, 0.3) is 11.1 Å². The summed E-state index contributed by atoms with van der Waals surface area (Å²) in [5, 5.41) is 19.4. The Morgan fingerprint density at radius 3 is 2.69 bits per heavy atom. The molecule has 1 saturated heterocycles. The molecule has 0 bridgehead atoms. The molecule has 136 valence electrons. The van der Waals surface area contributed by atoms with Gasteiger partial charge in [-0.15, -0.1) is 0 Å². The molecular formula is C19H20N2O5. The molecule has 7 heteroatoms. The van der Waals surface area contributed by atoms with E-state index in [4.69, 9.17) is 9.47 Å². The van der Waals surface area contributed by atoms with Crippen molar-refractivity contribution >= 4 is 11.8 Å². The summed E-state index contributed by atoms with van der Waals surface area (Å²) in [6.07, 6.45) is 0.656. The second-order valence-corrected chi connectivity index (χ2v) is 7.03. The highest BCUT2D eigenvalue weighted by Gasteiger charge is 2.46. The van der Waals surface area contributed by atoms with E-state index < -0.39 is 17.8 Å². The Bertz CT molecular complexity index is 844. The van der Waals surface area contributed by atoms with Gasteiger partial charge in [0.05, 0.1) is 18.0 Å². The summed E-state index contributed by atoms with van der Waals surface area (Å²) in [5.74, 6) is 0.584. The van der Waals surface area contributed by atoms with Gasteiger partial charge in [-0.25, -0.2) is 4.79 Å². The summed E-state index contributed by atoms with van der Waals surface area (Å²) >= 11 is 0. The van der Waals surface area contributed by atoms with E-state index in [1.54, 1.807) is 31.0 Å². The first-order valence-electron chi connectivity index (χ1n) is 8.45. The van der Waals surface area contributed by atoms with Crippen LogP contribution in [0.4, 0.5) is 10.5 Å². The largest absolute Gasteiger partial charge is 0.489 e. The van der Waals surface area contributed by atoms with Gasteiger partial charge in [0.15, 0.2) is 6.10 Å². The number of aliphatic hydroxyl groups excluding tert-OH is 1. The van der Waals surface area contributed by atoms with E-state index in [9.17, 15) is 15.0 Å². The van der Waals surface area contributed by atoms with E-state index in [0.717, 1.165) is 11.1 Å². The predicted octanol–water partition coefficient (Wildman–Crippen LogP) is 2.05. The van der Waals surface area contributed by atoms with Crippen molar-refractivity contribution in [2.45, 2.75) is 31.6 Å². The standard InChI is InChI=1S/C19H20N2O5/c1-19(2,24)17-6-4-12(8-20-17)11-3-5-13-15(7-11)25-10-14-16(9-22)26-18(23)21(13)14/h3-8,14,16,22,24H,9-10H2,1-2H3/t14-,16-/m0/s1. The van der Waals surface area contributed by atoms with Crippen molar-refractivity contribution in [2.24, 2.45) is 0 Å². The monoisotopic (exact) mass is 356 g/mol. The van der Waals surface area contributed by atoms with Crippen molar-refractivity contribution in [3.8, 4) is 16.9 Å².